The van der Waals surface area contributed by atoms with Crippen LogP contribution < -0.4 is 5.32 Å². The molecule has 0 fully saturated rings. The maximum Gasteiger partial charge on any atom is 0.141 e. The molecule has 1 aliphatic heterocycles. The highest BCUT2D eigenvalue weighted by Gasteiger charge is 2.14. The lowest BCUT2D eigenvalue weighted by atomic mass is 10.1. The van der Waals surface area contributed by atoms with E-state index < -0.39 is 0 Å². The van der Waals surface area contributed by atoms with Crippen LogP contribution in [0, 0.1) is 6.92 Å². The number of fused-ring (bicyclic) bond motifs is 1. The van der Waals surface area contributed by atoms with Crippen LogP contribution in [0.3, 0.4) is 0 Å². The van der Waals surface area contributed by atoms with Gasteiger partial charge in [0.15, 0.2) is 0 Å². The van der Waals surface area contributed by atoms with Gasteiger partial charge in [-0.2, -0.15) is 0 Å². The molecule has 0 saturated heterocycles. The fraction of sp³-hybridized carbons (Fsp3) is 0.308. The quantitative estimate of drug-likeness (QED) is 0.789. The van der Waals surface area contributed by atoms with Crippen molar-refractivity contribution in [1.29, 1.82) is 0 Å². The zero-order valence-corrected chi connectivity index (χ0v) is 9.40. The van der Waals surface area contributed by atoms with Crippen LogP contribution in [0.25, 0.3) is 11.4 Å². The van der Waals surface area contributed by atoms with E-state index in [-0.39, 0.29) is 0 Å². The zero-order chi connectivity index (χ0) is 11.0. The standard InChI is InChI=1S/C13H15N3/c1-10-4-2-5-11(8-10)13-15-9-12-14-6-3-7-16(12)13/h2,4-5,8-9,14H,3,6-7H2,1H3. The number of aromatic nitrogens is 2. The second-order valence-corrected chi connectivity index (χ2v) is 4.27. The SMILES string of the molecule is Cc1cccc(-c2ncc3n2CCCN3)c1. The van der Waals surface area contributed by atoms with Crippen molar-refractivity contribution in [2.45, 2.75) is 19.9 Å². The molecular formula is C13H15N3. The number of aryl methyl sites for hydroxylation is 1. The third-order valence-electron chi connectivity index (χ3n) is 3.00. The molecule has 3 heteroatoms. The molecule has 82 valence electrons. The number of anilines is 1. The number of hydrogen-bond acceptors (Lipinski definition) is 2. The van der Waals surface area contributed by atoms with Crippen molar-refractivity contribution in [2.75, 3.05) is 11.9 Å². The Morgan fingerprint density at radius 1 is 1.38 bits per heavy atom. The molecule has 0 atom stereocenters. The minimum absolute atomic E-state index is 1.05. The van der Waals surface area contributed by atoms with E-state index in [0.29, 0.717) is 0 Å². The van der Waals surface area contributed by atoms with Crippen molar-refractivity contribution in [1.82, 2.24) is 9.55 Å². The minimum atomic E-state index is 1.05. The molecule has 3 rings (SSSR count). The van der Waals surface area contributed by atoms with Crippen LogP contribution >= 0.6 is 0 Å². The summed E-state index contributed by atoms with van der Waals surface area (Å²) in [6.45, 7) is 4.23. The first-order valence-electron chi connectivity index (χ1n) is 5.71. The highest BCUT2D eigenvalue weighted by molar-refractivity contribution is 5.60. The van der Waals surface area contributed by atoms with Gasteiger partial charge in [0, 0.05) is 18.7 Å². The summed E-state index contributed by atoms with van der Waals surface area (Å²) < 4.78 is 2.26. The highest BCUT2D eigenvalue weighted by atomic mass is 15.2. The lowest BCUT2D eigenvalue weighted by Crippen LogP contribution is -2.17. The molecular weight excluding hydrogens is 198 g/mol. The number of hydrogen-bond donors (Lipinski definition) is 1. The zero-order valence-electron chi connectivity index (χ0n) is 9.40. The van der Waals surface area contributed by atoms with E-state index in [0.717, 1.165) is 24.7 Å². The van der Waals surface area contributed by atoms with Crippen LogP contribution in [0.5, 0.6) is 0 Å². The lowest BCUT2D eigenvalue weighted by Gasteiger charge is -2.18. The summed E-state index contributed by atoms with van der Waals surface area (Å²) in [6.07, 6.45) is 3.10. The summed E-state index contributed by atoms with van der Waals surface area (Å²) in [7, 11) is 0. The summed E-state index contributed by atoms with van der Waals surface area (Å²) in [4.78, 5) is 4.51. The third kappa shape index (κ3) is 1.48. The van der Waals surface area contributed by atoms with Gasteiger partial charge in [-0.15, -0.1) is 0 Å². The highest BCUT2D eigenvalue weighted by Crippen LogP contribution is 2.25. The van der Waals surface area contributed by atoms with Gasteiger partial charge in [-0.25, -0.2) is 4.98 Å². The molecule has 0 radical (unpaired) electrons. The van der Waals surface area contributed by atoms with Crippen LogP contribution in [-0.4, -0.2) is 16.1 Å². The topological polar surface area (TPSA) is 29.9 Å². The van der Waals surface area contributed by atoms with Crippen molar-refractivity contribution in [3.05, 3.63) is 36.0 Å². The van der Waals surface area contributed by atoms with Gasteiger partial charge in [-0.05, 0) is 19.4 Å². The van der Waals surface area contributed by atoms with E-state index in [1.165, 1.54) is 17.5 Å². The molecule has 0 aliphatic carbocycles. The Bertz CT molecular complexity index is 514. The Labute approximate surface area is 95.1 Å². The van der Waals surface area contributed by atoms with Gasteiger partial charge < -0.3 is 9.88 Å². The molecule has 1 aliphatic rings. The van der Waals surface area contributed by atoms with Crippen molar-refractivity contribution in [3.8, 4) is 11.4 Å². The predicted molar refractivity (Wildman–Crippen MR) is 65.5 cm³/mol. The average molecular weight is 213 g/mol. The van der Waals surface area contributed by atoms with Crippen molar-refractivity contribution in [2.24, 2.45) is 0 Å². The smallest absolute Gasteiger partial charge is 0.141 e. The first-order valence-corrected chi connectivity index (χ1v) is 5.71. The first kappa shape index (κ1) is 9.46. The summed E-state index contributed by atoms with van der Waals surface area (Å²) >= 11 is 0. The van der Waals surface area contributed by atoms with Crippen LogP contribution in [-0.2, 0) is 6.54 Å². The molecule has 0 saturated carbocycles. The fourth-order valence-corrected chi connectivity index (χ4v) is 2.21. The van der Waals surface area contributed by atoms with Crippen LogP contribution in [0.2, 0.25) is 0 Å². The van der Waals surface area contributed by atoms with Gasteiger partial charge in [0.25, 0.3) is 0 Å². The largest absolute Gasteiger partial charge is 0.370 e. The fourth-order valence-electron chi connectivity index (χ4n) is 2.21. The van der Waals surface area contributed by atoms with Gasteiger partial charge in [-0.3, -0.25) is 0 Å². The number of imidazole rings is 1. The second kappa shape index (κ2) is 3.67. The molecule has 0 bridgehead atoms. The molecule has 0 spiro atoms. The Balaban J connectivity index is 2.09. The Kier molecular flexibility index (Phi) is 2.17. The normalized spacial score (nSPS) is 14.3. The van der Waals surface area contributed by atoms with Crippen LogP contribution in [0.15, 0.2) is 30.5 Å². The number of nitrogens with zero attached hydrogens (tertiary/aromatic N) is 2. The first-order chi connectivity index (χ1) is 7.84. The molecule has 3 nitrogen and oxygen atoms in total. The maximum atomic E-state index is 4.51. The van der Waals surface area contributed by atoms with Gasteiger partial charge in [-0.1, -0.05) is 23.8 Å². The van der Waals surface area contributed by atoms with Crippen LogP contribution in [0.4, 0.5) is 5.82 Å². The Morgan fingerprint density at radius 3 is 3.19 bits per heavy atom. The van der Waals surface area contributed by atoms with Crippen LogP contribution in [0.1, 0.15) is 12.0 Å². The van der Waals surface area contributed by atoms with E-state index in [9.17, 15) is 0 Å². The second-order valence-electron chi connectivity index (χ2n) is 4.27. The summed E-state index contributed by atoms with van der Waals surface area (Å²) in [6, 6.07) is 8.51. The third-order valence-corrected chi connectivity index (χ3v) is 3.00. The van der Waals surface area contributed by atoms with E-state index in [1.54, 1.807) is 0 Å². The van der Waals surface area contributed by atoms with E-state index in [1.807, 2.05) is 6.20 Å². The summed E-state index contributed by atoms with van der Waals surface area (Å²) in [5.41, 5.74) is 2.48. The summed E-state index contributed by atoms with van der Waals surface area (Å²) in [5, 5.41) is 3.37. The lowest BCUT2D eigenvalue weighted by molar-refractivity contribution is 0.636. The maximum absolute atomic E-state index is 4.51. The van der Waals surface area contributed by atoms with Gasteiger partial charge in [0.2, 0.25) is 0 Å². The molecule has 2 heterocycles. The molecule has 1 N–H and O–H groups in total. The molecule has 1 aromatic heterocycles. The number of rotatable bonds is 1. The van der Waals surface area contributed by atoms with E-state index >= 15 is 0 Å². The van der Waals surface area contributed by atoms with Crippen molar-refractivity contribution >= 4 is 5.82 Å². The molecule has 16 heavy (non-hydrogen) atoms. The molecule has 0 unspecified atom stereocenters. The molecule has 1 aromatic carbocycles. The van der Waals surface area contributed by atoms with E-state index in [4.69, 9.17) is 0 Å². The van der Waals surface area contributed by atoms with Gasteiger partial charge in [0.1, 0.15) is 11.6 Å². The monoisotopic (exact) mass is 213 g/mol. The van der Waals surface area contributed by atoms with Gasteiger partial charge >= 0.3 is 0 Å². The summed E-state index contributed by atoms with van der Waals surface area (Å²) in [5.74, 6) is 2.22. The van der Waals surface area contributed by atoms with E-state index in [2.05, 4.69) is 46.1 Å². The predicted octanol–water partition coefficient (Wildman–Crippen LogP) is 2.67. The molecule has 0 amide bonds. The Morgan fingerprint density at radius 2 is 2.31 bits per heavy atom. The molecule has 2 aromatic rings. The van der Waals surface area contributed by atoms with Crippen molar-refractivity contribution < 1.29 is 0 Å². The average Bonchev–Trinajstić information content (AvgIpc) is 2.72. The van der Waals surface area contributed by atoms with Gasteiger partial charge in [0.05, 0.1) is 6.20 Å². The number of nitrogens with one attached hydrogen (secondary N) is 1. The Hall–Kier alpha value is -1.77. The minimum Gasteiger partial charge on any atom is -0.370 e. The number of benzene rings is 1. The van der Waals surface area contributed by atoms with Crippen molar-refractivity contribution in [3.63, 3.8) is 0 Å².